The first-order valence-electron chi connectivity index (χ1n) is 7.80. The SMILES string of the molecule is CCc1nc(CN2CCO[C@H](Cn3nc(C)cc3C)C2)no1. The molecule has 7 nitrogen and oxygen atoms in total. The molecule has 0 saturated carbocycles. The Morgan fingerprint density at radius 1 is 1.36 bits per heavy atom. The summed E-state index contributed by atoms with van der Waals surface area (Å²) in [6, 6.07) is 2.09. The number of nitrogens with zero attached hydrogens (tertiary/aromatic N) is 5. The van der Waals surface area contributed by atoms with E-state index in [2.05, 4.69) is 33.1 Å². The van der Waals surface area contributed by atoms with E-state index in [1.807, 2.05) is 18.5 Å². The molecule has 1 aliphatic rings. The van der Waals surface area contributed by atoms with Crippen molar-refractivity contribution < 1.29 is 9.26 Å². The number of hydrogen-bond acceptors (Lipinski definition) is 6. The summed E-state index contributed by atoms with van der Waals surface area (Å²) < 4.78 is 13.1. The van der Waals surface area contributed by atoms with Crippen molar-refractivity contribution in [3.8, 4) is 0 Å². The van der Waals surface area contributed by atoms with Crippen molar-refractivity contribution in [3.05, 3.63) is 29.2 Å². The van der Waals surface area contributed by atoms with Crippen molar-refractivity contribution in [1.29, 1.82) is 0 Å². The van der Waals surface area contributed by atoms with Crippen molar-refractivity contribution in [2.24, 2.45) is 0 Å². The molecule has 3 rings (SSSR count). The summed E-state index contributed by atoms with van der Waals surface area (Å²) in [7, 11) is 0. The van der Waals surface area contributed by atoms with Gasteiger partial charge < -0.3 is 9.26 Å². The Balaban J connectivity index is 1.58. The molecule has 3 heterocycles. The summed E-state index contributed by atoms with van der Waals surface area (Å²) in [5.41, 5.74) is 2.22. The van der Waals surface area contributed by atoms with E-state index < -0.39 is 0 Å². The van der Waals surface area contributed by atoms with Gasteiger partial charge in [0.1, 0.15) is 0 Å². The lowest BCUT2D eigenvalue weighted by molar-refractivity contribution is -0.0413. The van der Waals surface area contributed by atoms with E-state index in [1.54, 1.807) is 0 Å². The minimum atomic E-state index is 0.143. The average Bonchev–Trinajstić information content (AvgIpc) is 3.06. The molecule has 0 aromatic carbocycles. The molecule has 0 amide bonds. The maximum absolute atomic E-state index is 5.87. The Bertz CT molecular complexity index is 621. The highest BCUT2D eigenvalue weighted by atomic mass is 16.5. The Kier molecular flexibility index (Phi) is 4.54. The van der Waals surface area contributed by atoms with E-state index in [4.69, 9.17) is 9.26 Å². The Morgan fingerprint density at radius 2 is 2.23 bits per heavy atom. The van der Waals surface area contributed by atoms with Gasteiger partial charge in [0, 0.05) is 25.2 Å². The summed E-state index contributed by atoms with van der Waals surface area (Å²) >= 11 is 0. The Labute approximate surface area is 130 Å². The lowest BCUT2D eigenvalue weighted by Crippen LogP contribution is -2.44. The highest BCUT2D eigenvalue weighted by molar-refractivity contribution is 5.06. The molecular formula is C15H23N5O2. The zero-order valence-electron chi connectivity index (χ0n) is 13.4. The summed E-state index contributed by atoms with van der Waals surface area (Å²) in [4.78, 5) is 6.68. The van der Waals surface area contributed by atoms with Gasteiger partial charge in [0.05, 0.1) is 31.5 Å². The number of ether oxygens (including phenoxy) is 1. The van der Waals surface area contributed by atoms with Gasteiger partial charge in [0.15, 0.2) is 5.82 Å². The summed E-state index contributed by atoms with van der Waals surface area (Å²) in [6.45, 7) is 10.1. The first kappa shape index (κ1) is 15.2. The van der Waals surface area contributed by atoms with E-state index in [1.165, 1.54) is 5.69 Å². The van der Waals surface area contributed by atoms with Crippen LogP contribution in [0.3, 0.4) is 0 Å². The normalized spacial score (nSPS) is 19.7. The quantitative estimate of drug-likeness (QED) is 0.830. The number of hydrogen-bond donors (Lipinski definition) is 0. The van der Waals surface area contributed by atoms with Crippen LogP contribution in [0.4, 0.5) is 0 Å². The molecule has 0 N–H and O–H groups in total. The zero-order chi connectivity index (χ0) is 15.5. The third-order valence-corrected chi connectivity index (χ3v) is 3.88. The standard InChI is InChI=1S/C15H23N5O2/c1-4-15-16-14(18-22-15)10-19-5-6-21-13(8-19)9-20-12(3)7-11(2)17-20/h7,13H,4-6,8-10H2,1-3H3/t13-/m0/s1. The molecule has 22 heavy (non-hydrogen) atoms. The molecule has 1 atom stereocenters. The van der Waals surface area contributed by atoms with Crippen molar-refractivity contribution in [3.63, 3.8) is 0 Å². The fraction of sp³-hybridized carbons (Fsp3) is 0.667. The van der Waals surface area contributed by atoms with Crippen LogP contribution in [0.2, 0.25) is 0 Å². The Morgan fingerprint density at radius 3 is 2.91 bits per heavy atom. The van der Waals surface area contributed by atoms with Crippen molar-refractivity contribution in [2.45, 2.75) is 46.4 Å². The van der Waals surface area contributed by atoms with Crippen LogP contribution < -0.4 is 0 Å². The second-order valence-corrected chi connectivity index (χ2v) is 5.80. The molecule has 0 spiro atoms. The molecule has 0 unspecified atom stereocenters. The van der Waals surface area contributed by atoms with Crippen LogP contribution >= 0.6 is 0 Å². The van der Waals surface area contributed by atoms with E-state index in [9.17, 15) is 0 Å². The van der Waals surface area contributed by atoms with Gasteiger partial charge in [0.2, 0.25) is 5.89 Å². The second kappa shape index (κ2) is 6.58. The van der Waals surface area contributed by atoms with Crippen molar-refractivity contribution in [1.82, 2.24) is 24.8 Å². The highest BCUT2D eigenvalue weighted by Gasteiger charge is 2.23. The molecule has 2 aromatic heterocycles. The van der Waals surface area contributed by atoms with E-state index in [-0.39, 0.29) is 6.10 Å². The maximum atomic E-state index is 5.87. The van der Waals surface area contributed by atoms with Crippen LogP contribution in [0.15, 0.2) is 10.6 Å². The molecule has 0 bridgehead atoms. The molecule has 120 valence electrons. The number of rotatable bonds is 5. The topological polar surface area (TPSA) is 69.2 Å². The highest BCUT2D eigenvalue weighted by Crippen LogP contribution is 2.12. The number of aromatic nitrogens is 4. The van der Waals surface area contributed by atoms with Crippen LogP contribution in [0.1, 0.15) is 30.0 Å². The summed E-state index contributed by atoms with van der Waals surface area (Å²) in [5.74, 6) is 1.45. The van der Waals surface area contributed by atoms with Gasteiger partial charge in [-0.3, -0.25) is 9.58 Å². The minimum Gasteiger partial charge on any atom is -0.374 e. The largest absolute Gasteiger partial charge is 0.374 e. The predicted octanol–water partition coefficient (Wildman–Crippen LogP) is 1.35. The molecule has 1 fully saturated rings. The zero-order valence-corrected chi connectivity index (χ0v) is 13.4. The monoisotopic (exact) mass is 305 g/mol. The lowest BCUT2D eigenvalue weighted by atomic mass is 10.2. The fourth-order valence-corrected chi connectivity index (χ4v) is 2.79. The third kappa shape index (κ3) is 3.53. The summed E-state index contributed by atoms with van der Waals surface area (Å²) in [6.07, 6.45) is 0.917. The molecular weight excluding hydrogens is 282 g/mol. The smallest absolute Gasteiger partial charge is 0.226 e. The third-order valence-electron chi connectivity index (χ3n) is 3.88. The lowest BCUT2D eigenvalue weighted by Gasteiger charge is -2.32. The van der Waals surface area contributed by atoms with Gasteiger partial charge in [-0.2, -0.15) is 10.1 Å². The maximum Gasteiger partial charge on any atom is 0.226 e. The van der Waals surface area contributed by atoms with Crippen LogP contribution in [-0.2, 0) is 24.2 Å². The van der Waals surface area contributed by atoms with Crippen LogP contribution in [0.25, 0.3) is 0 Å². The van der Waals surface area contributed by atoms with Crippen LogP contribution in [-0.4, -0.2) is 50.6 Å². The van der Waals surface area contributed by atoms with Gasteiger partial charge >= 0.3 is 0 Å². The van der Waals surface area contributed by atoms with Gasteiger partial charge in [-0.1, -0.05) is 12.1 Å². The Hall–Kier alpha value is -1.73. The molecule has 0 radical (unpaired) electrons. The van der Waals surface area contributed by atoms with Crippen molar-refractivity contribution >= 4 is 0 Å². The molecule has 1 saturated heterocycles. The van der Waals surface area contributed by atoms with Gasteiger partial charge in [0.25, 0.3) is 0 Å². The molecule has 1 aliphatic heterocycles. The molecule has 0 aliphatic carbocycles. The summed E-state index contributed by atoms with van der Waals surface area (Å²) in [5, 5.41) is 8.53. The first-order valence-corrected chi connectivity index (χ1v) is 7.80. The van der Waals surface area contributed by atoms with E-state index in [0.29, 0.717) is 12.4 Å². The fourth-order valence-electron chi connectivity index (χ4n) is 2.79. The average molecular weight is 305 g/mol. The predicted molar refractivity (Wildman–Crippen MR) is 80.4 cm³/mol. The van der Waals surface area contributed by atoms with Crippen LogP contribution in [0.5, 0.6) is 0 Å². The molecule has 2 aromatic rings. The minimum absolute atomic E-state index is 0.143. The van der Waals surface area contributed by atoms with Gasteiger partial charge in [-0.05, 0) is 19.9 Å². The second-order valence-electron chi connectivity index (χ2n) is 5.80. The van der Waals surface area contributed by atoms with E-state index >= 15 is 0 Å². The van der Waals surface area contributed by atoms with Crippen molar-refractivity contribution in [2.75, 3.05) is 19.7 Å². The first-order chi connectivity index (χ1) is 10.6. The number of morpholine rings is 1. The van der Waals surface area contributed by atoms with E-state index in [0.717, 1.165) is 44.2 Å². The van der Waals surface area contributed by atoms with Crippen LogP contribution in [0, 0.1) is 13.8 Å². The number of aryl methyl sites for hydroxylation is 3. The molecule has 7 heteroatoms. The van der Waals surface area contributed by atoms with Gasteiger partial charge in [-0.15, -0.1) is 0 Å². The van der Waals surface area contributed by atoms with Gasteiger partial charge in [-0.25, -0.2) is 0 Å².